The van der Waals surface area contributed by atoms with Gasteiger partial charge in [0, 0.05) is 66.8 Å². The maximum atomic E-state index is 5.44. The van der Waals surface area contributed by atoms with Crippen LogP contribution in [-0.2, 0) is 4.74 Å². The summed E-state index contributed by atoms with van der Waals surface area (Å²) >= 11 is 0. The summed E-state index contributed by atoms with van der Waals surface area (Å²) in [6.07, 6.45) is 5.07. The van der Waals surface area contributed by atoms with Gasteiger partial charge in [-0.3, -0.25) is 4.57 Å². The van der Waals surface area contributed by atoms with Crippen molar-refractivity contribution in [3.05, 3.63) is 67.3 Å². The standard InChI is InChI=1S/C25H27N7O3/c1-33-21-13-19(14-22(15-21)34-2)30-25-26-7-8-32(25)24-16-23(27-17-28-24)29-18-3-5-20(6-4-18)31-9-11-35-12-10-31/h3-8,13-17H,9-12H2,1-2H3,(H,26,30)(H,27,28,29). The number of rotatable bonds is 8. The quantitative estimate of drug-likeness (QED) is 0.393. The molecular formula is C25H27N7O3. The van der Waals surface area contributed by atoms with Crippen LogP contribution in [-0.4, -0.2) is 60.0 Å². The van der Waals surface area contributed by atoms with Gasteiger partial charge < -0.3 is 29.7 Å². The Balaban J connectivity index is 1.32. The second-order valence-corrected chi connectivity index (χ2v) is 7.88. The molecule has 2 N–H and O–H groups in total. The van der Waals surface area contributed by atoms with Crippen LogP contribution in [0.3, 0.4) is 0 Å². The summed E-state index contributed by atoms with van der Waals surface area (Å²) in [6.45, 7) is 3.35. The van der Waals surface area contributed by atoms with Crippen molar-refractivity contribution in [1.29, 1.82) is 0 Å². The molecule has 4 aromatic rings. The first-order chi connectivity index (χ1) is 17.2. The Morgan fingerprint density at radius 2 is 1.57 bits per heavy atom. The Bertz CT molecular complexity index is 1250. The van der Waals surface area contributed by atoms with E-state index in [1.54, 1.807) is 20.4 Å². The number of imidazole rings is 1. The van der Waals surface area contributed by atoms with Crippen molar-refractivity contribution in [2.45, 2.75) is 0 Å². The van der Waals surface area contributed by atoms with Gasteiger partial charge in [-0.2, -0.15) is 0 Å². The first-order valence-corrected chi connectivity index (χ1v) is 11.3. The molecule has 0 atom stereocenters. The first-order valence-electron chi connectivity index (χ1n) is 11.3. The Labute approximate surface area is 203 Å². The van der Waals surface area contributed by atoms with E-state index in [-0.39, 0.29) is 0 Å². The normalized spacial score (nSPS) is 13.4. The van der Waals surface area contributed by atoms with Gasteiger partial charge in [0.15, 0.2) is 0 Å². The van der Waals surface area contributed by atoms with E-state index in [0.717, 1.165) is 37.7 Å². The SMILES string of the molecule is COc1cc(Nc2nccn2-c2cc(Nc3ccc(N4CCOCC4)cc3)ncn2)cc(OC)c1. The van der Waals surface area contributed by atoms with Crippen molar-refractivity contribution in [2.75, 3.05) is 56.1 Å². The van der Waals surface area contributed by atoms with Gasteiger partial charge in [0.2, 0.25) is 5.95 Å². The van der Waals surface area contributed by atoms with E-state index in [1.165, 1.54) is 12.0 Å². The van der Waals surface area contributed by atoms with Crippen LogP contribution in [0.2, 0.25) is 0 Å². The van der Waals surface area contributed by atoms with Gasteiger partial charge >= 0.3 is 0 Å². The van der Waals surface area contributed by atoms with Gasteiger partial charge in [0.05, 0.1) is 27.4 Å². The molecule has 10 nitrogen and oxygen atoms in total. The lowest BCUT2D eigenvalue weighted by Crippen LogP contribution is -2.36. The zero-order chi connectivity index (χ0) is 24.0. The topological polar surface area (TPSA) is 98.6 Å². The molecule has 1 fully saturated rings. The van der Waals surface area contributed by atoms with Crippen LogP contribution in [0.5, 0.6) is 11.5 Å². The number of anilines is 5. The van der Waals surface area contributed by atoms with E-state index in [0.29, 0.717) is 29.1 Å². The van der Waals surface area contributed by atoms with Crippen molar-refractivity contribution >= 4 is 28.8 Å². The molecule has 0 unspecified atom stereocenters. The second-order valence-electron chi connectivity index (χ2n) is 7.88. The van der Waals surface area contributed by atoms with Crippen LogP contribution in [0, 0.1) is 0 Å². The lowest BCUT2D eigenvalue weighted by atomic mass is 10.2. The summed E-state index contributed by atoms with van der Waals surface area (Å²) < 4.78 is 18.0. The monoisotopic (exact) mass is 473 g/mol. The minimum Gasteiger partial charge on any atom is -0.497 e. The molecule has 1 aliphatic heterocycles. The third-order valence-corrected chi connectivity index (χ3v) is 5.66. The minimum atomic E-state index is 0.597. The lowest BCUT2D eigenvalue weighted by molar-refractivity contribution is 0.122. The largest absolute Gasteiger partial charge is 0.497 e. The molecule has 0 bridgehead atoms. The number of benzene rings is 2. The summed E-state index contributed by atoms with van der Waals surface area (Å²) in [5, 5.41) is 6.66. The van der Waals surface area contributed by atoms with E-state index >= 15 is 0 Å². The molecule has 35 heavy (non-hydrogen) atoms. The van der Waals surface area contributed by atoms with Crippen LogP contribution in [0.4, 0.5) is 28.8 Å². The molecule has 2 aromatic heterocycles. The van der Waals surface area contributed by atoms with E-state index < -0.39 is 0 Å². The zero-order valence-electron chi connectivity index (χ0n) is 19.6. The Morgan fingerprint density at radius 1 is 0.829 bits per heavy atom. The maximum Gasteiger partial charge on any atom is 0.213 e. The number of nitrogens with one attached hydrogen (secondary N) is 2. The number of nitrogens with zero attached hydrogens (tertiary/aromatic N) is 5. The Kier molecular flexibility index (Phi) is 6.62. The van der Waals surface area contributed by atoms with Gasteiger partial charge in [0.25, 0.3) is 0 Å². The maximum absolute atomic E-state index is 5.44. The highest BCUT2D eigenvalue weighted by Crippen LogP contribution is 2.28. The summed E-state index contributed by atoms with van der Waals surface area (Å²) in [5.41, 5.74) is 2.91. The third kappa shape index (κ3) is 5.28. The average Bonchev–Trinajstić information content (AvgIpc) is 3.37. The highest BCUT2D eigenvalue weighted by molar-refractivity contribution is 5.63. The first kappa shape index (κ1) is 22.5. The number of ether oxygens (including phenoxy) is 3. The van der Waals surface area contributed by atoms with Crippen molar-refractivity contribution in [3.8, 4) is 17.3 Å². The van der Waals surface area contributed by atoms with E-state index in [2.05, 4.69) is 42.6 Å². The molecule has 0 aliphatic carbocycles. The number of hydrogen-bond acceptors (Lipinski definition) is 9. The van der Waals surface area contributed by atoms with Crippen LogP contribution < -0.4 is 25.0 Å². The van der Waals surface area contributed by atoms with Gasteiger partial charge in [-0.05, 0) is 24.3 Å². The summed E-state index contributed by atoms with van der Waals surface area (Å²) in [4.78, 5) is 15.6. The van der Waals surface area contributed by atoms with E-state index in [1.807, 2.05) is 47.2 Å². The van der Waals surface area contributed by atoms with E-state index in [4.69, 9.17) is 14.2 Å². The van der Waals surface area contributed by atoms with Crippen LogP contribution in [0.25, 0.3) is 5.82 Å². The molecule has 0 radical (unpaired) electrons. The number of morpholine rings is 1. The number of methoxy groups -OCH3 is 2. The van der Waals surface area contributed by atoms with Crippen molar-refractivity contribution < 1.29 is 14.2 Å². The number of aromatic nitrogens is 4. The molecule has 1 saturated heterocycles. The van der Waals surface area contributed by atoms with Crippen LogP contribution >= 0.6 is 0 Å². The Morgan fingerprint density at radius 3 is 2.29 bits per heavy atom. The van der Waals surface area contributed by atoms with Crippen LogP contribution in [0.15, 0.2) is 67.3 Å². The fraction of sp³-hybridized carbons (Fsp3) is 0.240. The molecule has 1 aliphatic rings. The summed E-state index contributed by atoms with van der Waals surface area (Å²) in [5.74, 6) is 3.30. The average molecular weight is 474 g/mol. The smallest absolute Gasteiger partial charge is 0.213 e. The lowest BCUT2D eigenvalue weighted by Gasteiger charge is -2.28. The predicted molar refractivity (Wildman–Crippen MR) is 135 cm³/mol. The molecule has 3 heterocycles. The Hall–Kier alpha value is -4.31. The molecule has 0 saturated carbocycles. The van der Waals surface area contributed by atoms with Crippen molar-refractivity contribution in [3.63, 3.8) is 0 Å². The van der Waals surface area contributed by atoms with E-state index in [9.17, 15) is 0 Å². The fourth-order valence-corrected chi connectivity index (χ4v) is 3.86. The zero-order valence-corrected chi connectivity index (χ0v) is 19.6. The highest BCUT2D eigenvalue weighted by Gasteiger charge is 2.12. The molecule has 180 valence electrons. The minimum absolute atomic E-state index is 0.597. The molecule has 5 rings (SSSR count). The molecular weight excluding hydrogens is 446 g/mol. The van der Waals surface area contributed by atoms with Gasteiger partial charge in [-0.1, -0.05) is 0 Å². The highest BCUT2D eigenvalue weighted by atomic mass is 16.5. The molecule has 0 amide bonds. The van der Waals surface area contributed by atoms with Crippen molar-refractivity contribution in [1.82, 2.24) is 19.5 Å². The van der Waals surface area contributed by atoms with Crippen molar-refractivity contribution in [2.24, 2.45) is 0 Å². The van der Waals surface area contributed by atoms with Crippen LogP contribution in [0.1, 0.15) is 0 Å². The second kappa shape index (κ2) is 10.3. The fourth-order valence-electron chi connectivity index (χ4n) is 3.86. The summed E-state index contributed by atoms with van der Waals surface area (Å²) in [6, 6.07) is 15.7. The van der Waals surface area contributed by atoms with Gasteiger partial charge in [0.1, 0.15) is 29.5 Å². The molecule has 2 aromatic carbocycles. The van der Waals surface area contributed by atoms with Gasteiger partial charge in [-0.25, -0.2) is 15.0 Å². The van der Waals surface area contributed by atoms with Gasteiger partial charge in [-0.15, -0.1) is 0 Å². The predicted octanol–water partition coefficient (Wildman–Crippen LogP) is 4.00. The molecule has 0 spiro atoms. The number of hydrogen-bond donors (Lipinski definition) is 2. The molecule has 10 heteroatoms. The third-order valence-electron chi connectivity index (χ3n) is 5.66. The summed E-state index contributed by atoms with van der Waals surface area (Å²) in [7, 11) is 3.23.